The maximum absolute atomic E-state index is 12.5. The molecule has 0 radical (unpaired) electrons. The third-order valence-electron chi connectivity index (χ3n) is 5.12. The van der Waals surface area contributed by atoms with E-state index in [1.807, 2.05) is 42.7 Å². The number of hydrogen-bond donors (Lipinski definition) is 1. The molecule has 0 saturated carbocycles. The van der Waals surface area contributed by atoms with Gasteiger partial charge in [0.15, 0.2) is 11.0 Å². The summed E-state index contributed by atoms with van der Waals surface area (Å²) in [6, 6.07) is 14.0. The highest BCUT2D eigenvalue weighted by molar-refractivity contribution is 7.99. The molecule has 158 valence electrons. The van der Waals surface area contributed by atoms with Crippen LogP contribution >= 0.6 is 11.8 Å². The molecule has 0 saturated heterocycles. The van der Waals surface area contributed by atoms with Gasteiger partial charge in [0.25, 0.3) is 0 Å². The van der Waals surface area contributed by atoms with Gasteiger partial charge < -0.3 is 14.6 Å². The fraction of sp³-hybridized carbons (Fsp3) is 0.348. The molecule has 3 aromatic rings. The summed E-state index contributed by atoms with van der Waals surface area (Å²) in [7, 11) is 1.64. The van der Waals surface area contributed by atoms with Crippen LogP contribution in [0.2, 0.25) is 0 Å². The first-order chi connectivity index (χ1) is 14.4. The standard InChI is InChI=1S/C23H28N4O2S/c1-6-27-22(19-9-7-8-10-20(19)29-5)25-26-23(27)30-14-21(28)24-17(4)18-12-11-15(2)16(3)13-18/h7-13,17H,6,14H2,1-5H3,(H,24,28). The van der Waals surface area contributed by atoms with Gasteiger partial charge in [0.2, 0.25) is 5.91 Å². The Labute approximate surface area is 182 Å². The molecule has 2 aromatic carbocycles. The molecule has 0 aliphatic carbocycles. The van der Waals surface area contributed by atoms with Crippen LogP contribution in [-0.2, 0) is 11.3 Å². The second-order valence-electron chi connectivity index (χ2n) is 7.17. The molecule has 1 aromatic heterocycles. The zero-order chi connectivity index (χ0) is 21.7. The summed E-state index contributed by atoms with van der Waals surface area (Å²) in [6.45, 7) is 8.90. The van der Waals surface area contributed by atoms with Gasteiger partial charge >= 0.3 is 0 Å². The minimum atomic E-state index is -0.0504. The van der Waals surface area contributed by atoms with Crippen LogP contribution in [0.1, 0.15) is 36.6 Å². The lowest BCUT2D eigenvalue weighted by molar-refractivity contribution is -0.119. The Morgan fingerprint density at radius 3 is 2.63 bits per heavy atom. The first-order valence-electron chi connectivity index (χ1n) is 10.0. The number of rotatable bonds is 8. The topological polar surface area (TPSA) is 69.0 Å². The Hall–Kier alpha value is -2.80. The van der Waals surface area contributed by atoms with Crippen molar-refractivity contribution in [3.63, 3.8) is 0 Å². The van der Waals surface area contributed by atoms with E-state index in [-0.39, 0.29) is 17.7 Å². The number of thioether (sulfide) groups is 1. The van der Waals surface area contributed by atoms with Crippen molar-refractivity contribution >= 4 is 17.7 Å². The van der Waals surface area contributed by atoms with Gasteiger partial charge in [-0.25, -0.2) is 0 Å². The Balaban J connectivity index is 1.67. The molecule has 0 bridgehead atoms. The average molecular weight is 425 g/mol. The third-order valence-corrected chi connectivity index (χ3v) is 6.09. The Kier molecular flexibility index (Phi) is 7.15. The minimum Gasteiger partial charge on any atom is -0.496 e. The number of amides is 1. The number of aromatic nitrogens is 3. The third kappa shape index (κ3) is 4.84. The van der Waals surface area contributed by atoms with Gasteiger partial charge in [0, 0.05) is 6.54 Å². The van der Waals surface area contributed by atoms with Crippen LogP contribution in [0.3, 0.4) is 0 Å². The van der Waals surface area contributed by atoms with Crippen LogP contribution in [0, 0.1) is 13.8 Å². The number of nitrogens with zero attached hydrogens (tertiary/aromatic N) is 3. The first-order valence-corrected chi connectivity index (χ1v) is 11.0. The summed E-state index contributed by atoms with van der Waals surface area (Å²) in [5.41, 5.74) is 4.46. The molecule has 1 amide bonds. The molecule has 6 nitrogen and oxygen atoms in total. The molecular formula is C23H28N4O2S. The monoisotopic (exact) mass is 424 g/mol. The van der Waals surface area contributed by atoms with Crippen LogP contribution in [0.25, 0.3) is 11.4 Å². The molecule has 1 N–H and O–H groups in total. The highest BCUT2D eigenvalue weighted by Gasteiger charge is 2.18. The maximum Gasteiger partial charge on any atom is 0.230 e. The fourth-order valence-corrected chi connectivity index (χ4v) is 4.05. The van der Waals surface area contributed by atoms with E-state index >= 15 is 0 Å². The molecule has 1 atom stereocenters. The number of nitrogens with one attached hydrogen (secondary N) is 1. The second kappa shape index (κ2) is 9.80. The van der Waals surface area contributed by atoms with Crippen molar-refractivity contribution in [3.8, 4) is 17.1 Å². The van der Waals surface area contributed by atoms with Crippen molar-refractivity contribution in [2.45, 2.75) is 45.4 Å². The zero-order valence-corrected chi connectivity index (χ0v) is 18.9. The lowest BCUT2D eigenvalue weighted by Gasteiger charge is -2.15. The van der Waals surface area contributed by atoms with Crippen LogP contribution in [-0.4, -0.2) is 33.5 Å². The summed E-state index contributed by atoms with van der Waals surface area (Å²) in [5.74, 6) is 1.73. The van der Waals surface area contributed by atoms with Crippen molar-refractivity contribution in [1.82, 2.24) is 20.1 Å². The van der Waals surface area contributed by atoms with Crippen molar-refractivity contribution in [1.29, 1.82) is 0 Å². The normalized spacial score (nSPS) is 11.9. The van der Waals surface area contributed by atoms with E-state index in [0.29, 0.717) is 11.7 Å². The fourth-order valence-electron chi connectivity index (χ4n) is 3.24. The van der Waals surface area contributed by atoms with Crippen LogP contribution in [0.5, 0.6) is 5.75 Å². The van der Waals surface area contributed by atoms with E-state index in [1.54, 1.807) is 7.11 Å². The van der Waals surface area contributed by atoms with E-state index in [2.05, 4.69) is 47.6 Å². The molecule has 3 rings (SSSR count). The van der Waals surface area contributed by atoms with E-state index in [9.17, 15) is 4.79 Å². The summed E-state index contributed by atoms with van der Waals surface area (Å²) in [5, 5.41) is 12.4. The van der Waals surface area contributed by atoms with Crippen molar-refractivity contribution in [2.24, 2.45) is 0 Å². The van der Waals surface area contributed by atoms with Gasteiger partial charge in [-0.1, -0.05) is 42.1 Å². The molecule has 7 heteroatoms. The largest absolute Gasteiger partial charge is 0.496 e. The molecule has 1 heterocycles. The summed E-state index contributed by atoms with van der Waals surface area (Å²) in [6.07, 6.45) is 0. The Morgan fingerprint density at radius 2 is 1.93 bits per heavy atom. The summed E-state index contributed by atoms with van der Waals surface area (Å²) in [4.78, 5) is 12.5. The van der Waals surface area contributed by atoms with Gasteiger partial charge in [-0.3, -0.25) is 4.79 Å². The number of benzene rings is 2. The second-order valence-corrected chi connectivity index (χ2v) is 8.11. The van der Waals surface area contributed by atoms with Crippen LogP contribution in [0.4, 0.5) is 0 Å². The van der Waals surface area contributed by atoms with Crippen molar-refractivity contribution in [3.05, 3.63) is 59.2 Å². The predicted molar refractivity (Wildman–Crippen MR) is 121 cm³/mol. The van der Waals surface area contributed by atoms with Crippen molar-refractivity contribution < 1.29 is 9.53 Å². The molecule has 30 heavy (non-hydrogen) atoms. The van der Waals surface area contributed by atoms with E-state index < -0.39 is 0 Å². The lowest BCUT2D eigenvalue weighted by atomic mass is 10.0. The number of methoxy groups -OCH3 is 1. The van der Waals surface area contributed by atoms with E-state index in [1.165, 1.54) is 22.9 Å². The number of para-hydroxylation sites is 1. The molecule has 0 fully saturated rings. The number of carbonyl (C=O) groups is 1. The summed E-state index contributed by atoms with van der Waals surface area (Å²) >= 11 is 1.39. The van der Waals surface area contributed by atoms with Gasteiger partial charge in [-0.15, -0.1) is 10.2 Å². The smallest absolute Gasteiger partial charge is 0.230 e. The maximum atomic E-state index is 12.5. The molecule has 1 unspecified atom stereocenters. The quantitative estimate of drug-likeness (QED) is 0.537. The number of aryl methyl sites for hydroxylation is 2. The number of ether oxygens (including phenoxy) is 1. The zero-order valence-electron chi connectivity index (χ0n) is 18.1. The number of carbonyl (C=O) groups excluding carboxylic acids is 1. The molecule has 0 aliphatic heterocycles. The van der Waals surface area contributed by atoms with E-state index in [4.69, 9.17) is 4.74 Å². The van der Waals surface area contributed by atoms with Crippen molar-refractivity contribution in [2.75, 3.05) is 12.9 Å². The first kappa shape index (κ1) is 21.9. The van der Waals surface area contributed by atoms with Gasteiger partial charge in [-0.05, 0) is 56.5 Å². The van der Waals surface area contributed by atoms with Gasteiger partial charge in [0.1, 0.15) is 5.75 Å². The molecular weight excluding hydrogens is 396 g/mol. The molecule has 0 spiro atoms. The predicted octanol–water partition coefficient (Wildman–Crippen LogP) is 4.56. The Morgan fingerprint density at radius 1 is 1.17 bits per heavy atom. The van der Waals surface area contributed by atoms with Gasteiger partial charge in [0.05, 0.1) is 24.5 Å². The van der Waals surface area contributed by atoms with E-state index in [0.717, 1.165) is 22.7 Å². The van der Waals surface area contributed by atoms with Gasteiger partial charge in [-0.2, -0.15) is 0 Å². The van der Waals surface area contributed by atoms with Crippen LogP contribution < -0.4 is 10.1 Å². The summed E-state index contributed by atoms with van der Waals surface area (Å²) < 4.78 is 7.46. The SMILES string of the molecule is CCn1c(SCC(=O)NC(C)c2ccc(C)c(C)c2)nnc1-c1ccccc1OC. The Bertz CT molecular complexity index is 1030. The lowest BCUT2D eigenvalue weighted by Crippen LogP contribution is -2.28. The average Bonchev–Trinajstić information content (AvgIpc) is 3.16. The van der Waals surface area contributed by atoms with Crippen LogP contribution in [0.15, 0.2) is 47.6 Å². The highest BCUT2D eigenvalue weighted by Crippen LogP contribution is 2.30. The minimum absolute atomic E-state index is 0.0322. The molecule has 0 aliphatic rings. The highest BCUT2D eigenvalue weighted by atomic mass is 32.2. The number of hydrogen-bond acceptors (Lipinski definition) is 5.